The van der Waals surface area contributed by atoms with Crippen LogP contribution < -0.4 is 5.32 Å². The number of hydrogen-bond acceptors (Lipinski definition) is 3. The maximum Gasteiger partial charge on any atom is 0.229 e. The van der Waals surface area contributed by atoms with Crippen LogP contribution in [-0.2, 0) is 9.53 Å². The Labute approximate surface area is 125 Å². The fourth-order valence-corrected chi connectivity index (χ4v) is 2.72. The number of carbonyl (C=O) groups is 1. The highest BCUT2D eigenvalue weighted by Gasteiger charge is 2.36. The molecule has 110 valence electrons. The second kappa shape index (κ2) is 6.57. The minimum absolute atomic E-state index is 0.0145. The standard InChI is InChI=1S/C15H21ClN2O2/c1-10(11-5-4-6-12(16)7-11)18(3)15(19)13-8-20-9-14(13)17-2/h4-7,10,13-14,17H,8-9H2,1-3H3. The predicted molar refractivity (Wildman–Crippen MR) is 79.8 cm³/mol. The zero-order chi connectivity index (χ0) is 14.7. The number of amides is 1. The van der Waals surface area contributed by atoms with Gasteiger partial charge < -0.3 is 15.0 Å². The van der Waals surface area contributed by atoms with E-state index in [4.69, 9.17) is 16.3 Å². The van der Waals surface area contributed by atoms with Crippen molar-refractivity contribution in [3.05, 3.63) is 34.9 Å². The first-order chi connectivity index (χ1) is 9.54. The zero-order valence-corrected chi connectivity index (χ0v) is 12.9. The van der Waals surface area contributed by atoms with Gasteiger partial charge in [0.05, 0.1) is 25.2 Å². The molecule has 3 unspecified atom stereocenters. The third-order valence-corrected chi connectivity index (χ3v) is 4.26. The molecule has 1 heterocycles. The summed E-state index contributed by atoms with van der Waals surface area (Å²) in [6.07, 6.45) is 0. The van der Waals surface area contributed by atoms with E-state index < -0.39 is 0 Å². The minimum Gasteiger partial charge on any atom is -0.379 e. The van der Waals surface area contributed by atoms with Crippen molar-refractivity contribution in [2.24, 2.45) is 5.92 Å². The summed E-state index contributed by atoms with van der Waals surface area (Å²) < 4.78 is 5.41. The van der Waals surface area contributed by atoms with E-state index in [-0.39, 0.29) is 23.9 Å². The quantitative estimate of drug-likeness (QED) is 0.925. The highest BCUT2D eigenvalue weighted by atomic mass is 35.5. The van der Waals surface area contributed by atoms with Gasteiger partial charge in [-0.15, -0.1) is 0 Å². The molecular formula is C15H21ClN2O2. The van der Waals surface area contributed by atoms with Gasteiger partial charge in [-0.1, -0.05) is 23.7 Å². The number of likely N-dealkylation sites (N-methyl/N-ethyl adjacent to an activating group) is 1. The molecular weight excluding hydrogens is 276 g/mol. The number of hydrogen-bond donors (Lipinski definition) is 1. The average molecular weight is 297 g/mol. The van der Waals surface area contributed by atoms with E-state index >= 15 is 0 Å². The van der Waals surface area contributed by atoms with Crippen molar-refractivity contribution in [1.29, 1.82) is 0 Å². The van der Waals surface area contributed by atoms with Crippen molar-refractivity contribution in [2.45, 2.75) is 19.0 Å². The Morgan fingerprint density at radius 1 is 1.50 bits per heavy atom. The van der Waals surface area contributed by atoms with E-state index in [9.17, 15) is 4.79 Å². The average Bonchev–Trinajstić information content (AvgIpc) is 2.93. The summed E-state index contributed by atoms with van der Waals surface area (Å²) in [6.45, 7) is 3.08. The topological polar surface area (TPSA) is 41.6 Å². The first-order valence-corrected chi connectivity index (χ1v) is 7.19. The first kappa shape index (κ1) is 15.3. The van der Waals surface area contributed by atoms with Crippen molar-refractivity contribution in [2.75, 3.05) is 27.3 Å². The summed E-state index contributed by atoms with van der Waals surface area (Å²) in [5, 5.41) is 3.83. The number of nitrogens with zero attached hydrogens (tertiary/aromatic N) is 1. The first-order valence-electron chi connectivity index (χ1n) is 6.81. The van der Waals surface area contributed by atoms with E-state index in [0.29, 0.717) is 18.2 Å². The van der Waals surface area contributed by atoms with E-state index in [0.717, 1.165) is 5.56 Å². The van der Waals surface area contributed by atoms with E-state index in [1.54, 1.807) is 4.90 Å². The number of rotatable bonds is 4. The monoisotopic (exact) mass is 296 g/mol. The summed E-state index contributed by atoms with van der Waals surface area (Å²) in [5.41, 5.74) is 1.04. The van der Waals surface area contributed by atoms with Crippen molar-refractivity contribution in [3.8, 4) is 0 Å². The Bertz CT molecular complexity index is 481. The van der Waals surface area contributed by atoms with Crippen molar-refractivity contribution >= 4 is 17.5 Å². The molecule has 0 saturated carbocycles. The van der Waals surface area contributed by atoms with Crippen molar-refractivity contribution < 1.29 is 9.53 Å². The third-order valence-electron chi connectivity index (χ3n) is 4.03. The van der Waals surface area contributed by atoms with Gasteiger partial charge in [0, 0.05) is 18.1 Å². The van der Waals surface area contributed by atoms with Gasteiger partial charge in [-0.25, -0.2) is 0 Å². The number of ether oxygens (including phenoxy) is 1. The number of benzene rings is 1. The van der Waals surface area contributed by atoms with Crippen LogP contribution in [0.5, 0.6) is 0 Å². The maximum atomic E-state index is 12.6. The summed E-state index contributed by atoms with van der Waals surface area (Å²) in [7, 11) is 3.69. The molecule has 0 radical (unpaired) electrons. The number of nitrogens with one attached hydrogen (secondary N) is 1. The summed E-state index contributed by atoms with van der Waals surface area (Å²) >= 11 is 6.01. The summed E-state index contributed by atoms with van der Waals surface area (Å²) in [4.78, 5) is 14.4. The Balaban J connectivity index is 2.10. The van der Waals surface area contributed by atoms with Crippen LogP contribution in [0.2, 0.25) is 5.02 Å². The van der Waals surface area contributed by atoms with Crippen LogP contribution in [0.4, 0.5) is 0 Å². The predicted octanol–water partition coefficient (Wildman–Crippen LogP) is 2.09. The zero-order valence-electron chi connectivity index (χ0n) is 12.1. The molecule has 1 amide bonds. The van der Waals surface area contributed by atoms with Crippen LogP contribution in [-0.4, -0.2) is 44.2 Å². The molecule has 0 spiro atoms. The van der Waals surface area contributed by atoms with Crippen LogP contribution in [0.3, 0.4) is 0 Å². The van der Waals surface area contributed by atoms with Gasteiger partial charge in [-0.05, 0) is 31.7 Å². The van der Waals surface area contributed by atoms with Gasteiger partial charge >= 0.3 is 0 Å². The van der Waals surface area contributed by atoms with Gasteiger partial charge in [0.2, 0.25) is 5.91 Å². The summed E-state index contributed by atoms with van der Waals surface area (Å²) in [5.74, 6) is -0.0130. The van der Waals surface area contributed by atoms with Crippen LogP contribution in [0.1, 0.15) is 18.5 Å². The molecule has 1 aliphatic heterocycles. The van der Waals surface area contributed by atoms with Gasteiger partial charge in [-0.3, -0.25) is 4.79 Å². The Kier molecular flexibility index (Phi) is 5.02. The maximum absolute atomic E-state index is 12.6. The molecule has 1 N–H and O–H groups in total. The van der Waals surface area contributed by atoms with Gasteiger partial charge in [0.25, 0.3) is 0 Å². The number of carbonyl (C=O) groups excluding carboxylic acids is 1. The second-order valence-electron chi connectivity index (χ2n) is 5.22. The molecule has 20 heavy (non-hydrogen) atoms. The number of halogens is 1. The lowest BCUT2D eigenvalue weighted by molar-refractivity contribution is -0.136. The SMILES string of the molecule is CNC1COCC1C(=O)N(C)C(C)c1cccc(Cl)c1. The van der Waals surface area contributed by atoms with E-state index in [1.165, 1.54) is 0 Å². The second-order valence-corrected chi connectivity index (χ2v) is 5.66. The lowest BCUT2D eigenvalue weighted by Gasteiger charge is -2.29. The van der Waals surface area contributed by atoms with Crippen molar-refractivity contribution in [1.82, 2.24) is 10.2 Å². The lowest BCUT2D eigenvalue weighted by atomic mass is 10.00. The molecule has 2 rings (SSSR count). The molecule has 1 aliphatic rings. The van der Waals surface area contributed by atoms with Gasteiger partial charge in [-0.2, -0.15) is 0 Å². The molecule has 1 aromatic carbocycles. The Morgan fingerprint density at radius 2 is 2.25 bits per heavy atom. The molecule has 0 aromatic heterocycles. The summed E-state index contributed by atoms with van der Waals surface area (Å²) in [6, 6.07) is 7.71. The molecule has 4 nitrogen and oxygen atoms in total. The molecule has 1 aromatic rings. The highest BCUT2D eigenvalue weighted by Crippen LogP contribution is 2.25. The molecule has 3 atom stereocenters. The van der Waals surface area contributed by atoms with Crippen LogP contribution in [0.15, 0.2) is 24.3 Å². The van der Waals surface area contributed by atoms with Gasteiger partial charge in [0.1, 0.15) is 0 Å². The molecule has 5 heteroatoms. The molecule has 0 bridgehead atoms. The normalized spacial score (nSPS) is 23.6. The fourth-order valence-electron chi connectivity index (χ4n) is 2.52. The van der Waals surface area contributed by atoms with Crippen LogP contribution >= 0.6 is 11.6 Å². The minimum atomic E-state index is -0.119. The largest absolute Gasteiger partial charge is 0.379 e. The molecule has 0 aliphatic carbocycles. The van der Waals surface area contributed by atoms with Gasteiger partial charge in [0.15, 0.2) is 0 Å². The van der Waals surface area contributed by atoms with E-state index in [1.807, 2.05) is 45.3 Å². The van der Waals surface area contributed by atoms with Crippen LogP contribution in [0.25, 0.3) is 0 Å². The smallest absolute Gasteiger partial charge is 0.229 e. The lowest BCUT2D eigenvalue weighted by Crippen LogP contribution is -2.44. The highest BCUT2D eigenvalue weighted by molar-refractivity contribution is 6.30. The fraction of sp³-hybridized carbons (Fsp3) is 0.533. The third kappa shape index (κ3) is 3.14. The molecule has 1 saturated heterocycles. The van der Waals surface area contributed by atoms with Crippen molar-refractivity contribution in [3.63, 3.8) is 0 Å². The Morgan fingerprint density at radius 3 is 2.90 bits per heavy atom. The Hall–Kier alpha value is -1.10. The van der Waals surface area contributed by atoms with Crippen LogP contribution in [0, 0.1) is 5.92 Å². The van der Waals surface area contributed by atoms with E-state index in [2.05, 4.69) is 5.32 Å². The molecule has 1 fully saturated rings.